The van der Waals surface area contributed by atoms with E-state index in [9.17, 15) is 9.59 Å². The van der Waals surface area contributed by atoms with Crippen molar-refractivity contribution in [3.63, 3.8) is 0 Å². The van der Waals surface area contributed by atoms with Crippen molar-refractivity contribution >= 4 is 34.5 Å². The summed E-state index contributed by atoms with van der Waals surface area (Å²) in [6.07, 6.45) is 3.64. The van der Waals surface area contributed by atoms with E-state index in [2.05, 4.69) is 37.0 Å². The van der Waals surface area contributed by atoms with E-state index in [1.807, 2.05) is 32.0 Å². The average molecular weight is 532 g/mol. The van der Waals surface area contributed by atoms with Crippen molar-refractivity contribution in [1.29, 1.82) is 5.26 Å². The van der Waals surface area contributed by atoms with Gasteiger partial charge in [-0.25, -0.2) is 9.31 Å². The highest BCUT2D eigenvalue weighted by molar-refractivity contribution is 7.16. The normalized spacial score (nSPS) is 15.1. The lowest BCUT2D eigenvalue weighted by atomic mass is 10.1. The molecule has 0 radical (unpaired) electrons. The predicted molar refractivity (Wildman–Crippen MR) is 141 cm³/mol. The Bertz CT molecular complexity index is 1560. The number of hydrogen-bond acceptors (Lipinski definition) is 9. The second-order valence-corrected chi connectivity index (χ2v) is 10.2. The van der Waals surface area contributed by atoms with Gasteiger partial charge in [-0.2, -0.15) is 10.4 Å². The molecule has 1 aliphatic heterocycles. The van der Waals surface area contributed by atoms with Crippen molar-refractivity contribution < 1.29 is 14.7 Å². The Hall–Kier alpha value is -4.57. The van der Waals surface area contributed by atoms with E-state index in [1.165, 1.54) is 17.5 Å². The van der Waals surface area contributed by atoms with Gasteiger partial charge in [-0.05, 0) is 51.0 Å². The Balaban J connectivity index is 1.44. The maximum Gasteiger partial charge on any atom is 0.404 e. The SMILES string of the molecule is CC(C)Nc1cc(-c2ccc3cc(C#N)cnn23)ncc1-c1nnc(C(=O)N2CCC[C@@H]2CNC(=O)O)s1. The van der Waals surface area contributed by atoms with Crippen molar-refractivity contribution in [1.82, 2.24) is 35.0 Å². The Morgan fingerprint density at radius 1 is 1.26 bits per heavy atom. The quantitative estimate of drug-likeness (QED) is 0.324. The van der Waals surface area contributed by atoms with Gasteiger partial charge in [0.05, 0.1) is 34.2 Å². The highest BCUT2D eigenvalue weighted by Crippen LogP contribution is 2.34. The first-order chi connectivity index (χ1) is 18.3. The number of fused-ring (bicyclic) bond motifs is 1. The molecular weight excluding hydrogens is 506 g/mol. The average Bonchev–Trinajstić information content (AvgIpc) is 3.66. The summed E-state index contributed by atoms with van der Waals surface area (Å²) in [5.74, 6) is -0.256. The lowest BCUT2D eigenvalue weighted by Gasteiger charge is -2.23. The number of likely N-dealkylation sites (tertiary alicyclic amines) is 1. The molecule has 1 saturated heterocycles. The lowest BCUT2D eigenvalue weighted by molar-refractivity contribution is 0.0733. The molecule has 13 heteroatoms. The van der Waals surface area contributed by atoms with Crippen LogP contribution in [0.3, 0.4) is 0 Å². The van der Waals surface area contributed by atoms with Crippen LogP contribution >= 0.6 is 11.3 Å². The first-order valence-corrected chi connectivity index (χ1v) is 12.9. The number of aromatic nitrogens is 5. The van der Waals surface area contributed by atoms with E-state index in [-0.39, 0.29) is 29.5 Å². The molecule has 4 aromatic rings. The van der Waals surface area contributed by atoms with Crippen LogP contribution < -0.4 is 10.6 Å². The monoisotopic (exact) mass is 531 g/mol. The van der Waals surface area contributed by atoms with Gasteiger partial charge in [0.15, 0.2) is 5.01 Å². The predicted octanol–water partition coefficient (Wildman–Crippen LogP) is 3.48. The highest BCUT2D eigenvalue weighted by Gasteiger charge is 2.32. The van der Waals surface area contributed by atoms with E-state index in [4.69, 9.17) is 10.4 Å². The van der Waals surface area contributed by atoms with E-state index in [0.29, 0.717) is 28.4 Å². The van der Waals surface area contributed by atoms with Gasteiger partial charge < -0.3 is 20.6 Å². The van der Waals surface area contributed by atoms with E-state index in [0.717, 1.165) is 29.7 Å². The number of carboxylic acid groups (broad SMARTS) is 1. The molecule has 1 fully saturated rings. The number of rotatable bonds is 7. The number of nitriles is 1. The van der Waals surface area contributed by atoms with E-state index in [1.54, 1.807) is 21.7 Å². The largest absolute Gasteiger partial charge is 0.465 e. The summed E-state index contributed by atoms with van der Waals surface area (Å²) in [4.78, 5) is 30.4. The fourth-order valence-corrected chi connectivity index (χ4v) is 5.34. The number of anilines is 1. The molecule has 0 saturated carbocycles. The van der Waals surface area contributed by atoms with Gasteiger partial charge in [0.25, 0.3) is 5.91 Å². The van der Waals surface area contributed by atoms with Crippen LogP contribution in [-0.4, -0.2) is 72.0 Å². The summed E-state index contributed by atoms with van der Waals surface area (Å²) < 4.78 is 1.73. The molecule has 1 aliphatic rings. The molecule has 0 aromatic carbocycles. The van der Waals surface area contributed by atoms with Crippen molar-refractivity contribution in [2.24, 2.45) is 0 Å². The molecule has 0 aliphatic carbocycles. The molecule has 0 spiro atoms. The third-order valence-electron chi connectivity index (χ3n) is 6.21. The molecule has 1 atom stereocenters. The Labute approximate surface area is 221 Å². The summed E-state index contributed by atoms with van der Waals surface area (Å²) in [5.41, 5.74) is 4.22. The number of carbonyl (C=O) groups excluding carboxylic acids is 1. The molecule has 3 N–H and O–H groups in total. The molecule has 194 valence electrons. The number of nitrogens with zero attached hydrogens (tertiary/aromatic N) is 7. The van der Waals surface area contributed by atoms with Crippen molar-refractivity contribution in [3.05, 3.63) is 47.2 Å². The second-order valence-electron chi connectivity index (χ2n) is 9.22. The zero-order valence-electron chi connectivity index (χ0n) is 20.7. The van der Waals surface area contributed by atoms with Gasteiger partial charge in [0.1, 0.15) is 6.07 Å². The molecule has 0 bridgehead atoms. The van der Waals surface area contributed by atoms with Crippen LogP contribution in [-0.2, 0) is 0 Å². The number of carbonyl (C=O) groups is 2. The van der Waals surface area contributed by atoms with Crippen molar-refractivity contribution in [3.8, 4) is 28.0 Å². The molecule has 5 heterocycles. The van der Waals surface area contributed by atoms with Crippen LogP contribution in [0.25, 0.3) is 27.5 Å². The van der Waals surface area contributed by atoms with Crippen LogP contribution in [0.1, 0.15) is 42.1 Å². The molecular formula is C25H25N9O3S. The summed E-state index contributed by atoms with van der Waals surface area (Å²) in [6.45, 7) is 4.78. The zero-order chi connectivity index (χ0) is 26.8. The number of pyridine rings is 1. The Kier molecular flexibility index (Phi) is 6.89. The highest BCUT2D eigenvalue weighted by atomic mass is 32.1. The topological polar surface area (TPSA) is 161 Å². The smallest absolute Gasteiger partial charge is 0.404 e. The second kappa shape index (κ2) is 10.4. The molecule has 0 unspecified atom stereocenters. The number of nitrogens with one attached hydrogen (secondary N) is 2. The minimum atomic E-state index is -1.11. The fraction of sp³-hybridized carbons (Fsp3) is 0.320. The molecule has 38 heavy (non-hydrogen) atoms. The maximum atomic E-state index is 13.2. The van der Waals surface area contributed by atoms with Crippen LogP contribution in [0.5, 0.6) is 0 Å². The van der Waals surface area contributed by atoms with Gasteiger partial charge >= 0.3 is 6.09 Å². The van der Waals surface area contributed by atoms with E-state index >= 15 is 0 Å². The van der Waals surface area contributed by atoms with Crippen LogP contribution in [0.15, 0.2) is 36.7 Å². The minimum absolute atomic E-state index is 0.116. The summed E-state index contributed by atoms with van der Waals surface area (Å²) in [6, 6.07) is 9.47. The molecule has 4 aromatic heterocycles. The summed E-state index contributed by atoms with van der Waals surface area (Å²) in [5, 5.41) is 37.5. The van der Waals surface area contributed by atoms with Gasteiger partial charge in [-0.15, -0.1) is 10.2 Å². The molecule has 12 nitrogen and oxygen atoms in total. The van der Waals surface area contributed by atoms with Crippen molar-refractivity contribution in [2.75, 3.05) is 18.4 Å². The first kappa shape index (κ1) is 25.1. The third kappa shape index (κ3) is 4.98. The minimum Gasteiger partial charge on any atom is -0.465 e. The first-order valence-electron chi connectivity index (χ1n) is 12.1. The van der Waals surface area contributed by atoms with Gasteiger partial charge in [-0.3, -0.25) is 9.78 Å². The summed E-state index contributed by atoms with van der Waals surface area (Å²) >= 11 is 1.18. The maximum absolute atomic E-state index is 13.2. The van der Waals surface area contributed by atoms with Gasteiger partial charge in [0.2, 0.25) is 5.01 Å². The molecule has 5 rings (SSSR count). The standard InChI is InChI=1S/C25H25N9O3S/c1-14(2)30-19-9-20(21-6-5-16-8-15(10-26)11-29-34(16)21)27-13-18(19)22-31-32-23(38-22)24(35)33-7-3-4-17(33)12-28-25(36)37/h5-6,8-9,11,13-14,17,28H,3-4,7,12H2,1-2H3,(H,27,30)(H,36,37)/t17-/m1/s1. The van der Waals surface area contributed by atoms with Crippen LogP contribution in [0, 0.1) is 11.3 Å². The third-order valence-corrected chi connectivity index (χ3v) is 7.15. The van der Waals surface area contributed by atoms with E-state index < -0.39 is 6.09 Å². The number of hydrogen-bond donors (Lipinski definition) is 3. The van der Waals surface area contributed by atoms with Gasteiger partial charge in [-0.1, -0.05) is 11.3 Å². The van der Waals surface area contributed by atoms with Crippen LogP contribution in [0.2, 0.25) is 0 Å². The lowest BCUT2D eigenvalue weighted by Crippen LogP contribution is -2.42. The van der Waals surface area contributed by atoms with Crippen LogP contribution in [0.4, 0.5) is 10.5 Å². The number of amides is 2. The summed E-state index contributed by atoms with van der Waals surface area (Å²) in [7, 11) is 0. The van der Waals surface area contributed by atoms with Gasteiger partial charge in [0, 0.05) is 37.1 Å². The Morgan fingerprint density at radius 2 is 2.11 bits per heavy atom. The van der Waals surface area contributed by atoms with Crippen molar-refractivity contribution in [2.45, 2.75) is 38.8 Å². The molecule has 2 amide bonds. The fourth-order valence-electron chi connectivity index (χ4n) is 4.51. The Morgan fingerprint density at radius 3 is 2.87 bits per heavy atom. The zero-order valence-corrected chi connectivity index (χ0v) is 21.6.